The van der Waals surface area contributed by atoms with Crippen LogP contribution in [0, 0.1) is 0 Å². The topological polar surface area (TPSA) is 57.0 Å². The smallest absolute Gasteiger partial charge is 0.131 e. The van der Waals surface area contributed by atoms with Gasteiger partial charge < -0.3 is 19.9 Å². The van der Waals surface area contributed by atoms with E-state index in [9.17, 15) is 0 Å². The van der Waals surface area contributed by atoms with Gasteiger partial charge in [-0.15, -0.1) is 0 Å². The number of likely N-dealkylation sites (N-methyl/N-ethyl adjacent to an activating group) is 1. The van der Waals surface area contributed by atoms with Crippen molar-refractivity contribution in [3.05, 3.63) is 17.7 Å². The first-order valence-electron chi connectivity index (χ1n) is 6.95. The van der Waals surface area contributed by atoms with Crippen LogP contribution in [0.1, 0.15) is 24.9 Å². The molecule has 1 aromatic rings. The molecule has 2 atom stereocenters. The summed E-state index contributed by atoms with van der Waals surface area (Å²) in [6.45, 7) is 4.10. The minimum atomic E-state index is 0.0890. The second kappa shape index (κ2) is 6.33. The van der Waals surface area contributed by atoms with Gasteiger partial charge in [-0.1, -0.05) is 6.92 Å². The summed E-state index contributed by atoms with van der Waals surface area (Å²) in [6, 6.07) is 3.98. The number of likely N-dealkylation sites (tertiary alicyclic amines) is 1. The molecule has 0 saturated carbocycles. The Morgan fingerprint density at radius 2 is 1.75 bits per heavy atom. The fourth-order valence-electron chi connectivity index (χ4n) is 2.96. The molecule has 0 aliphatic carbocycles. The second-order valence-corrected chi connectivity index (χ2v) is 4.97. The standard InChI is InChI=1S/C15H24N2O3/c1-5-17-7-6-11(16)15(17)14-12(19-3)8-10(18-2)9-13(14)20-4/h8-9,11,15H,5-7,16H2,1-4H3. The highest BCUT2D eigenvalue weighted by Crippen LogP contribution is 2.44. The molecule has 2 N–H and O–H groups in total. The van der Waals surface area contributed by atoms with E-state index in [0.29, 0.717) is 0 Å². The predicted molar refractivity (Wildman–Crippen MR) is 78.7 cm³/mol. The van der Waals surface area contributed by atoms with Crippen LogP contribution in [0.4, 0.5) is 0 Å². The van der Waals surface area contributed by atoms with E-state index in [-0.39, 0.29) is 12.1 Å². The Kier molecular flexibility index (Phi) is 4.73. The third-order valence-corrected chi connectivity index (χ3v) is 4.00. The van der Waals surface area contributed by atoms with E-state index in [1.165, 1.54) is 0 Å². The van der Waals surface area contributed by atoms with Crippen LogP contribution < -0.4 is 19.9 Å². The number of nitrogens with zero attached hydrogens (tertiary/aromatic N) is 1. The van der Waals surface area contributed by atoms with Crippen LogP contribution in [0.5, 0.6) is 17.2 Å². The summed E-state index contributed by atoms with van der Waals surface area (Å²) in [7, 11) is 4.95. The minimum Gasteiger partial charge on any atom is -0.496 e. The third kappa shape index (κ3) is 2.55. The minimum absolute atomic E-state index is 0.0890. The SMILES string of the molecule is CCN1CCC(N)C1c1c(OC)cc(OC)cc1OC. The van der Waals surface area contributed by atoms with Crippen LogP contribution in [0.2, 0.25) is 0 Å². The molecule has 2 unspecified atom stereocenters. The highest BCUT2D eigenvalue weighted by molar-refractivity contribution is 5.53. The van der Waals surface area contributed by atoms with E-state index < -0.39 is 0 Å². The van der Waals surface area contributed by atoms with Gasteiger partial charge in [0, 0.05) is 24.7 Å². The van der Waals surface area contributed by atoms with Crippen molar-refractivity contribution in [1.29, 1.82) is 0 Å². The van der Waals surface area contributed by atoms with Crippen molar-refractivity contribution in [3.63, 3.8) is 0 Å². The fraction of sp³-hybridized carbons (Fsp3) is 0.600. The van der Waals surface area contributed by atoms with Gasteiger partial charge in [0.25, 0.3) is 0 Å². The van der Waals surface area contributed by atoms with Gasteiger partial charge in [-0.2, -0.15) is 0 Å². The largest absolute Gasteiger partial charge is 0.496 e. The summed E-state index contributed by atoms with van der Waals surface area (Å²) in [5.74, 6) is 2.25. The lowest BCUT2D eigenvalue weighted by molar-refractivity contribution is 0.246. The summed E-state index contributed by atoms with van der Waals surface area (Å²) in [4.78, 5) is 2.36. The maximum absolute atomic E-state index is 6.31. The number of nitrogens with two attached hydrogens (primary N) is 1. The molecule has 1 saturated heterocycles. The molecule has 1 fully saturated rings. The predicted octanol–water partition coefficient (Wildman–Crippen LogP) is 1.81. The van der Waals surface area contributed by atoms with Gasteiger partial charge in [0.15, 0.2) is 0 Å². The van der Waals surface area contributed by atoms with Crippen LogP contribution >= 0.6 is 0 Å². The first-order valence-corrected chi connectivity index (χ1v) is 6.95. The van der Waals surface area contributed by atoms with Crippen molar-refractivity contribution in [3.8, 4) is 17.2 Å². The van der Waals surface area contributed by atoms with Crippen molar-refractivity contribution in [2.24, 2.45) is 5.73 Å². The molecule has 0 bridgehead atoms. The Balaban J connectivity index is 2.53. The number of rotatable bonds is 5. The highest BCUT2D eigenvalue weighted by Gasteiger charge is 2.36. The van der Waals surface area contributed by atoms with Gasteiger partial charge in [0.2, 0.25) is 0 Å². The second-order valence-electron chi connectivity index (χ2n) is 4.97. The van der Waals surface area contributed by atoms with Crippen molar-refractivity contribution in [2.75, 3.05) is 34.4 Å². The molecule has 1 aliphatic rings. The van der Waals surface area contributed by atoms with E-state index in [2.05, 4.69) is 11.8 Å². The number of benzene rings is 1. The third-order valence-electron chi connectivity index (χ3n) is 4.00. The zero-order chi connectivity index (χ0) is 14.7. The maximum atomic E-state index is 6.31. The summed E-state index contributed by atoms with van der Waals surface area (Å²) in [5.41, 5.74) is 7.33. The lowest BCUT2D eigenvalue weighted by Gasteiger charge is -2.29. The molecule has 0 aromatic heterocycles. The molecular weight excluding hydrogens is 256 g/mol. The Morgan fingerprint density at radius 1 is 1.15 bits per heavy atom. The number of methoxy groups -OCH3 is 3. The fourth-order valence-corrected chi connectivity index (χ4v) is 2.96. The summed E-state index contributed by atoms with van der Waals surface area (Å²) in [6.07, 6.45) is 0.983. The average molecular weight is 280 g/mol. The molecule has 2 rings (SSSR count). The van der Waals surface area contributed by atoms with Gasteiger partial charge in [0.05, 0.1) is 32.9 Å². The molecule has 1 aliphatic heterocycles. The Labute approximate surface area is 120 Å². The molecule has 5 nitrogen and oxygen atoms in total. The summed E-state index contributed by atoms with van der Waals surface area (Å²) < 4.78 is 16.4. The van der Waals surface area contributed by atoms with Crippen LogP contribution in [0.15, 0.2) is 12.1 Å². The van der Waals surface area contributed by atoms with Crippen molar-refractivity contribution >= 4 is 0 Å². The van der Waals surface area contributed by atoms with Crippen LogP contribution in [0.25, 0.3) is 0 Å². The molecular formula is C15H24N2O3. The van der Waals surface area contributed by atoms with E-state index >= 15 is 0 Å². The Bertz CT molecular complexity index is 439. The van der Waals surface area contributed by atoms with Crippen LogP contribution in [-0.4, -0.2) is 45.4 Å². The number of hydrogen-bond acceptors (Lipinski definition) is 5. The van der Waals surface area contributed by atoms with Gasteiger partial charge in [-0.25, -0.2) is 0 Å². The number of ether oxygens (including phenoxy) is 3. The monoisotopic (exact) mass is 280 g/mol. The molecule has 20 heavy (non-hydrogen) atoms. The van der Waals surface area contributed by atoms with Gasteiger partial charge in [0.1, 0.15) is 17.2 Å². The number of hydrogen-bond donors (Lipinski definition) is 1. The Morgan fingerprint density at radius 3 is 2.20 bits per heavy atom. The van der Waals surface area contributed by atoms with Gasteiger partial charge in [-0.3, -0.25) is 4.90 Å². The van der Waals surface area contributed by atoms with E-state index in [0.717, 1.165) is 42.3 Å². The molecule has 0 radical (unpaired) electrons. The average Bonchev–Trinajstić information content (AvgIpc) is 2.86. The molecule has 1 aromatic carbocycles. The van der Waals surface area contributed by atoms with Crippen molar-refractivity contribution in [2.45, 2.75) is 25.4 Å². The van der Waals surface area contributed by atoms with E-state index in [1.807, 2.05) is 12.1 Å². The molecule has 0 spiro atoms. The lowest BCUT2D eigenvalue weighted by Crippen LogP contribution is -2.32. The quantitative estimate of drug-likeness (QED) is 0.891. The normalized spacial score (nSPS) is 22.9. The highest BCUT2D eigenvalue weighted by atomic mass is 16.5. The first kappa shape index (κ1) is 14.9. The molecule has 1 heterocycles. The van der Waals surface area contributed by atoms with Gasteiger partial charge in [-0.05, 0) is 13.0 Å². The van der Waals surface area contributed by atoms with Crippen LogP contribution in [0.3, 0.4) is 0 Å². The van der Waals surface area contributed by atoms with Crippen molar-refractivity contribution in [1.82, 2.24) is 4.90 Å². The summed E-state index contributed by atoms with van der Waals surface area (Å²) in [5, 5.41) is 0. The lowest BCUT2D eigenvalue weighted by atomic mass is 9.98. The maximum Gasteiger partial charge on any atom is 0.131 e. The molecule has 0 amide bonds. The van der Waals surface area contributed by atoms with E-state index in [1.54, 1.807) is 21.3 Å². The first-order chi connectivity index (χ1) is 9.65. The van der Waals surface area contributed by atoms with Gasteiger partial charge >= 0.3 is 0 Å². The zero-order valence-electron chi connectivity index (χ0n) is 12.7. The Hall–Kier alpha value is -1.46. The molecule has 112 valence electrons. The molecule has 5 heteroatoms. The van der Waals surface area contributed by atoms with E-state index in [4.69, 9.17) is 19.9 Å². The van der Waals surface area contributed by atoms with Crippen molar-refractivity contribution < 1.29 is 14.2 Å². The summed E-state index contributed by atoms with van der Waals surface area (Å²) >= 11 is 0. The van der Waals surface area contributed by atoms with Crippen LogP contribution in [-0.2, 0) is 0 Å². The zero-order valence-corrected chi connectivity index (χ0v) is 12.7.